The van der Waals surface area contributed by atoms with Crippen LogP contribution in [0.3, 0.4) is 0 Å². The molecular formula is C13H11F3N2O2. The zero-order valence-corrected chi connectivity index (χ0v) is 10.5. The monoisotopic (exact) mass is 284 g/mol. The number of carbonyl (C=O) groups excluding carboxylic acids is 1. The first-order valence-electron chi connectivity index (χ1n) is 5.85. The van der Waals surface area contributed by atoms with Crippen LogP contribution in [0.4, 0.5) is 13.2 Å². The fourth-order valence-corrected chi connectivity index (χ4v) is 1.72. The lowest BCUT2D eigenvalue weighted by atomic mass is 10.1. The van der Waals surface area contributed by atoms with E-state index >= 15 is 0 Å². The summed E-state index contributed by atoms with van der Waals surface area (Å²) in [7, 11) is 0. The molecule has 0 saturated carbocycles. The van der Waals surface area contributed by atoms with Gasteiger partial charge in [0.25, 0.3) is 0 Å². The number of nitrogens with zero attached hydrogens (tertiary/aromatic N) is 2. The minimum absolute atomic E-state index is 0.00372. The fraction of sp³-hybridized carbons (Fsp3) is 0.308. The summed E-state index contributed by atoms with van der Waals surface area (Å²) < 4.78 is 43.9. The topological polar surface area (TPSA) is 51.0 Å². The van der Waals surface area contributed by atoms with Crippen LogP contribution in [0.25, 0.3) is 0 Å². The highest BCUT2D eigenvalue weighted by Crippen LogP contribution is 2.38. The van der Waals surface area contributed by atoms with Gasteiger partial charge in [0.2, 0.25) is 0 Å². The van der Waals surface area contributed by atoms with Gasteiger partial charge in [0.15, 0.2) is 0 Å². The average molecular weight is 284 g/mol. The normalized spacial score (nSPS) is 21.7. The molecule has 4 nitrogen and oxygen atoms in total. The number of rotatable bonds is 3. The Morgan fingerprint density at radius 2 is 1.95 bits per heavy atom. The van der Waals surface area contributed by atoms with Crippen LogP contribution >= 0.6 is 0 Å². The van der Waals surface area contributed by atoms with Gasteiger partial charge in [-0.05, 0) is 6.92 Å². The second-order valence-electron chi connectivity index (χ2n) is 4.01. The van der Waals surface area contributed by atoms with Crippen molar-refractivity contribution in [3.63, 3.8) is 0 Å². The van der Waals surface area contributed by atoms with Crippen molar-refractivity contribution in [2.45, 2.75) is 18.8 Å². The maximum absolute atomic E-state index is 13.2. The second kappa shape index (κ2) is 5.07. The predicted molar refractivity (Wildman–Crippen MR) is 66.9 cm³/mol. The molecule has 1 aliphatic heterocycles. The van der Waals surface area contributed by atoms with Crippen molar-refractivity contribution in [1.29, 1.82) is 0 Å². The summed E-state index contributed by atoms with van der Waals surface area (Å²) in [5, 5.41) is 0. The SMILES string of the molecule is CCOC(=O)C1(C(F)(F)F)N=CC(c2ccccc2)=N1. The van der Waals surface area contributed by atoms with Crippen molar-refractivity contribution < 1.29 is 22.7 Å². The smallest absolute Gasteiger partial charge is 0.445 e. The number of alkyl halides is 3. The van der Waals surface area contributed by atoms with Gasteiger partial charge in [-0.1, -0.05) is 30.3 Å². The number of hydrogen-bond donors (Lipinski definition) is 0. The molecule has 1 unspecified atom stereocenters. The van der Waals surface area contributed by atoms with Gasteiger partial charge in [-0.3, -0.25) is 0 Å². The number of carbonyl (C=O) groups is 1. The lowest BCUT2D eigenvalue weighted by Gasteiger charge is -2.23. The molecule has 1 heterocycles. The fourth-order valence-electron chi connectivity index (χ4n) is 1.72. The molecule has 106 valence electrons. The zero-order valence-electron chi connectivity index (χ0n) is 10.5. The molecule has 0 N–H and O–H groups in total. The lowest BCUT2D eigenvalue weighted by molar-refractivity contribution is -0.202. The summed E-state index contributed by atoms with van der Waals surface area (Å²) in [6.07, 6.45) is -4.01. The highest BCUT2D eigenvalue weighted by molar-refractivity contribution is 6.40. The Morgan fingerprint density at radius 3 is 2.50 bits per heavy atom. The third-order valence-electron chi connectivity index (χ3n) is 2.68. The maximum atomic E-state index is 13.2. The number of aliphatic imine (C=N–C) groups is 2. The Bertz CT molecular complexity index is 567. The molecule has 1 aromatic rings. The van der Waals surface area contributed by atoms with Gasteiger partial charge in [-0.15, -0.1) is 0 Å². The van der Waals surface area contributed by atoms with E-state index in [0.717, 1.165) is 6.21 Å². The third kappa shape index (κ3) is 2.31. The molecule has 1 atom stereocenters. The van der Waals surface area contributed by atoms with Crippen molar-refractivity contribution >= 4 is 17.9 Å². The Labute approximate surface area is 113 Å². The van der Waals surface area contributed by atoms with Crippen LogP contribution in [0.5, 0.6) is 0 Å². The van der Waals surface area contributed by atoms with E-state index in [-0.39, 0.29) is 12.3 Å². The molecule has 1 aliphatic rings. The first kappa shape index (κ1) is 14.2. The third-order valence-corrected chi connectivity index (χ3v) is 2.68. The Kier molecular flexibility index (Phi) is 3.61. The van der Waals surface area contributed by atoms with Crippen molar-refractivity contribution in [2.24, 2.45) is 9.98 Å². The maximum Gasteiger partial charge on any atom is 0.445 e. The highest BCUT2D eigenvalue weighted by atomic mass is 19.4. The average Bonchev–Trinajstić information content (AvgIpc) is 2.86. The summed E-state index contributed by atoms with van der Waals surface area (Å²) in [5.41, 5.74) is -2.74. The van der Waals surface area contributed by atoms with Crippen LogP contribution < -0.4 is 0 Å². The summed E-state index contributed by atoms with van der Waals surface area (Å²) in [6, 6.07) is 8.21. The number of ether oxygens (including phenoxy) is 1. The molecule has 0 amide bonds. The Balaban J connectivity index is 2.45. The molecule has 7 heteroatoms. The first-order valence-corrected chi connectivity index (χ1v) is 5.85. The standard InChI is InChI=1S/C13H11F3N2O2/c1-2-20-11(19)12(13(14,15)16)17-8-10(18-12)9-6-4-3-5-7-9/h3-8H,2H2,1H3. The zero-order chi connectivity index (χ0) is 14.8. The summed E-state index contributed by atoms with van der Waals surface area (Å²) >= 11 is 0. The molecule has 1 aromatic carbocycles. The predicted octanol–water partition coefficient (Wildman–Crippen LogP) is 2.38. The van der Waals surface area contributed by atoms with E-state index < -0.39 is 17.8 Å². The molecule has 0 aliphatic carbocycles. The minimum Gasteiger partial charge on any atom is -0.462 e. The highest BCUT2D eigenvalue weighted by Gasteiger charge is 2.64. The second-order valence-corrected chi connectivity index (χ2v) is 4.01. The number of halogens is 3. The van der Waals surface area contributed by atoms with Gasteiger partial charge < -0.3 is 4.74 Å². The quantitative estimate of drug-likeness (QED) is 0.800. The van der Waals surface area contributed by atoms with Gasteiger partial charge in [0.05, 0.1) is 18.5 Å². The molecule has 20 heavy (non-hydrogen) atoms. The molecule has 0 radical (unpaired) electrons. The molecule has 0 bridgehead atoms. The van der Waals surface area contributed by atoms with Crippen LogP contribution in [0.1, 0.15) is 12.5 Å². The van der Waals surface area contributed by atoms with E-state index in [1.165, 1.54) is 6.92 Å². The van der Waals surface area contributed by atoms with Crippen LogP contribution in [-0.4, -0.2) is 36.3 Å². The van der Waals surface area contributed by atoms with E-state index in [0.29, 0.717) is 5.56 Å². The van der Waals surface area contributed by atoms with Gasteiger partial charge in [0.1, 0.15) is 0 Å². The van der Waals surface area contributed by atoms with Crippen molar-refractivity contribution in [3.8, 4) is 0 Å². The summed E-state index contributed by atoms with van der Waals surface area (Å²) in [6.45, 7) is 1.24. The van der Waals surface area contributed by atoms with Gasteiger partial charge in [-0.2, -0.15) is 13.2 Å². The van der Waals surface area contributed by atoms with Crippen LogP contribution in [0.15, 0.2) is 40.3 Å². The largest absolute Gasteiger partial charge is 0.462 e. The van der Waals surface area contributed by atoms with Gasteiger partial charge in [-0.25, -0.2) is 14.8 Å². The lowest BCUT2D eigenvalue weighted by Crippen LogP contribution is -2.49. The Hall–Kier alpha value is -2.18. The first-order chi connectivity index (χ1) is 9.40. The van der Waals surface area contributed by atoms with E-state index in [4.69, 9.17) is 0 Å². The molecule has 2 rings (SSSR count). The van der Waals surface area contributed by atoms with E-state index in [9.17, 15) is 18.0 Å². The Morgan fingerprint density at radius 1 is 1.30 bits per heavy atom. The number of hydrogen-bond acceptors (Lipinski definition) is 4. The molecular weight excluding hydrogens is 273 g/mol. The minimum atomic E-state index is -4.95. The van der Waals surface area contributed by atoms with E-state index in [2.05, 4.69) is 14.7 Å². The van der Waals surface area contributed by atoms with E-state index in [1.807, 2.05) is 0 Å². The van der Waals surface area contributed by atoms with Crippen LogP contribution in [0, 0.1) is 0 Å². The van der Waals surface area contributed by atoms with Crippen LogP contribution in [-0.2, 0) is 9.53 Å². The number of benzene rings is 1. The van der Waals surface area contributed by atoms with Crippen LogP contribution in [0.2, 0.25) is 0 Å². The molecule has 0 fully saturated rings. The molecule has 0 spiro atoms. The summed E-state index contributed by atoms with van der Waals surface area (Å²) in [5.74, 6) is -1.52. The van der Waals surface area contributed by atoms with Gasteiger partial charge >= 0.3 is 17.8 Å². The van der Waals surface area contributed by atoms with Crippen molar-refractivity contribution in [3.05, 3.63) is 35.9 Å². The number of esters is 1. The van der Waals surface area contributed by atoms with Gasteiger partial charge in [0, 0.05) is 5.56 Å². The van der Waals surface area contributed by atoms with E-state index in [1.54, 1.807) is 30.3 Å². The van der Waals surface area contributed by atoms with Crippen molar-refractivity contribution in [1.82, 2.24) is 0 Å². The summed E-state index contributed by atoms with van der Waals surface area (Å²) in [4.78, 5) is 18.4. The molecule has 0 saturated heterocycles. The molecule has 0 aromatic heterocycles. The van der Waals surface area contributed by atoms with Crippen molar-refractivity contribution in [2.75, 3.05) is 6.61 Å².